The van der Waals surface area contributed by atoms with Crippen molar-refractivity contribution in [3.63, 3.8) is 0 Å². The van der Waals surface area contributed by atoms with E-state index in [4.69, 9.17) is 9.47 Å². The van der Waals surface area contributed by atoms with Crippen molar-refractivity contribution in [1.82, 2.24) is 10.2 Å². The van der Waals surface area contributed by atoms with Crippen LogP contribution in [0.15, 0.2) is 0 Å². The molecule has 0 aromatic rings. The first-order valence-corrected chi connectivity index (χ1v) is 7.80. The molecule has 6 nitrogen and oxygen atoms in total. The summed E-state index contributed by atoms with van der Waals surface area (Å²) in [5, 5.41) is 2.86. The first-order chi connectivity index (χ1) is 10.0. The maximum absolute atomic E-state index is 11.9. The minimum absolute atomic E-state index is 0.0666. The molecule has 1 aliphatic heterocycles. The molecule has 3 atom stereocenters. The van der Waals surface area contributed by atoms with Crippen LogP contribution in [-0.4, -0.2) is 55.9 Å². The van der Waals surface area contributed by atoms with Gasteiger partial charge in [0.05, 0.1) is 19.6 Å². The number of hydrogen-bond acceptors (Lipinski definition) is 5. The molecule has 1 aliphatic carbocycles. The van der Waals surface area contributed by atoms with Crippen LogP contribution in [0.5, 0.6) is 0 Å². The molecule has 6 heteroatoms. The lowest BCUT2D eigenvalue weighted by molar-refractivity contribution is -0.148. The predicted molar refractivity (Wildman–Crippen MR) is 77.8 cm³/mol. The van der Waals surface area contributed by atoms with Crippen molar-refractivity contribution in [3.05, 3.63) is 0 Å². The molecule has 1 saturated carbocycles. The fraction of sp³-hybridized carbons (Fsp3) is 0.867. The fourth-order valence-electron chi connectivity index (χ4n) is 3.12. The molecule has 1 amide bonds. The Hall–Kier alpha value is -1.30. The molecule has 0 aromatic carbocycles. The van der Waals surface area contributed by atoms with Gasteiger partial charge in [0.2, 0.25) is 0 Å². The van der Waals surface area contributed by atoms with Crippen LogP contribution in [0.1, 0.15) is 33.1 Å². The third kappa shape index (κ3) is 4.33. The zero-order valence-electron chi connectivity index (χ0n) is 13.1. The average molecular weight is 298 g/mol. The summed E-state index contributed by atoms with van der Waals surface area (Å²) < 4.78 is 9.82. The van der Waals surface area contributed by atoms with Crippen molar-refractivity contribution >= 4 is 12.1 Å². The van der Waals surface area contributed by atoms with Gasteiger partial charge in [-0.2, -0.15) is 0 Å². The Labute approximate surface area is 126 Å². The summed E-state index contributed by atoms with van der Waals surface area (Å²) in [6.07, 6.45) is 2.72. The van der Waals surface area contributed by atoms with E-state index in [9.17, 15) is 9.59 Å². The molecule has 0 bridgehead atoms. The molecular formula is C15H26N2O4. The van der Waals surface area contributed by atoms with E-state index in [1.807, 2.05) is 0 Å². The first-order valence-electron chi connectivity index (χ1n) is 7.80. The number of alkyl carbamates (subject to hydrolysis) is 1. The number of ether oxygens (including phenoxy) is 2. The van der Waals surface area contributed by atoms with E-state index >= 15 is 0 Å². The molecule has 2 rings (SSSR count). The van der Waals surface area contributed by atoms with Gasteiger partial charge < -0.3 is 14.8 Å². The summed E-state index contributed by atoms with van der Waals surface area (Å²) in [5.41, 5.74) is 0. The highest BCUT2D eigenvalue weighted by molar-refractivity contribution is 5.73. The third-order valence-corrected chi connectivity index (χ3v) is 4.49. The van der Waals surface area contributed by atoms with Crippen LogP contribution in [0, 0.1) is 11.8 Å². The van der Waals surface area contributed by atoms with Gasteiger partial charge >= 0.3 is 12.1 Å². The van der Waals surface area contributed by atoms with E-state index in [2.05, 4.69) is 17.1 Å². The largest absolute Gasteiger partial charge is 0.469 e. The van der Waals surface area contributed by atoms with E-state index in [1.54, 1.807) is 6.92 Å². The van der Waals surface area contributed by atoms with Crippen LogP contribution in [0.25, 0.3) is 0 Å². The predicted octanol–water partition coefficient (Wildman–Crippen LogP) is 1.39. The lowest BCUT2D eigenvalue weighted by Gasteiger charge is -2.40. The number of piperidine rings is 1. The van der Waals surface area contributed by atoms with E-state index in [-0.39, 0.29) is 17.9 Å². The smallest absolute Gasteiger partial charge is 0.407 e. The van der Waals surface area contributed by atoms with Crippen molar-refractivity contribution in [2.45, 2.75) is 45.2 Å². The maximum atomic E-state index is 11.9. The zero-order valence-corrected chi connectivity index (χ0v) is 13.1. The van der Waals surface area contributed by atoms with Crippen molar-refractivity contribution in [3.8, 4) is 0 Å². The van der Waals surface area contributed by atoms with Crippen molar-refractivity contribution in [2.24, 2.45) is 11.8 Å². The number of likely N-dealkylation sites (tertiary alicyclic amines) is 1. The van der Waals surface area contributed by atoms with Gasteiger partial charge in [0.25, 0.3) is 0 Å². The molecular weight excluding hydrogens is 272 g/mol. The second kappa shape index (κ2) is 7.11. The summed E-state index contributed by atoms with van der Waals surface area (Å²) in [5.74, 6) is 0.347. The Morgan fingerprint density at radius 2 is 2.05 bits per heavy atom. The van der Waals surface area contributed by atoms with Gasteiger partial charge in [0.1, 0.15) is 0 Å². The Balaban J connectivity index is 1.98. The van der Waals surface area contributed by atoms with Gasteiger partial charge in [-0.3, -0.25) is 9.69 Å². The van der Waals surface area contributed by atoms with E-state index in [0.29, 0.717) is 25.6 Å². The van der Waals surface area contributed by atoms with E-state index in [0.717, 1.165) is 12.5 Å². The van der Waals surface area contributed by atoms with Crippen molar-refractivity contribution in [2.75, 3.05) is 26.8 Å². The van der Waals surface area contributed by atoms with Gasteiger partial charge in [-0.15, -0.1) is 0 Å². The third-order valence-electron chi connectivity index (χ3n) is 4.49. The molecule has 0 radical (unpaired) electrons. The maximum Gasteiger partial charge on any atom is 0.407 e. The second-order valence-corrected chi connectivity index (χ2v) is 6.05. The summed E-state index contributed by atoms with van der Waals surface area (Å²) in [6.45, 7) is 5.81. The molecule has 1 N–H and O–H groups in total. The van der Waals surface area contributed by atoms with Gasteiger partial charge in [-0.25, -0.2) is 4.79 Å². The molecule has 3 unspecified atom stereocenters. The molecule has 0 aromatic heterocycles. The number of methoxy groups -OCH3 is 1. The molecule has 2 fully saturated rings. The topological polar surface area (TPSA) is 67.9 Å². The van der Waals surface area contributed by atoms with Gasteiger partial charge in [-0.05, 0) is 39.0 Å². The number of nitrogens with zero attached hydrogens (tertiary/aromatic N) is 1. The van der Waals surface area contributed by atoms with Crippen LogP contribution in [-0.2, 0) is 14.3 Å². The first kappa shape index (κ1) is 16.1. The normalized spacial score (nSPS) is 27.8. The number of carbonyl (C=O) groups excluding carboxylic acids is 2. The Bertz CT molecular complexity index is 384. The standard InChI is InChI=1S/C15H26N2O4/c1-4-21-15(19)16-13-7-12(14(18)20-3)8-17(9-13)10(2)11-5-6-11/h10-13H,4-9H2,1-3H3,(H,16,19). The lowest BCUT2D eigenvalue weighted by Crippen LogP contribution is -2.55. The minimum atomic E-state index is -0.410. The summed E-state index contributed by atoms with van der Waals surface area (Å²) >= 11 is 0. The zero-order chi connectivity index (χ0) is 15.4. The van der Waals surface area contributed by atoms with Crippen LogP contribution in [0.4, 0.5) is 4.79 Å². The molecule has 2 aliphatic rings. The lowest BCUT2D eigenvalue weighted by atomic mass is 9.92. The Morgan fingerprint density at radius 3 is 2.62 bits per heavy atom. The average Bonchev–Trinajstić information content (AvgIpc) is 3.30. The summed E-state index contributed by atoms with van der Waals surface area (Å²) in [4.78, 5) is 25.8. The number of amides is 1. The second-order valence-electron chi connectivity index (χ2n) is 6.05. The molecule has 120 valence electrons. The Kier molecular flexibility index (Phi) is 5.45. The number of nitrogens with one attached hydrogen (secondary N) is 1. The van der Waals surface area contributed by atoms with Crippen LogP contribution >= 0.6 is 0 Å². The highest BCUT2D eigenvalue weighted by atomic mass is 16.5. The highest BCUT2D eigenvalue weighted by Gasteiger charge is 2.39. The number of hydrogen-bond donors (Lipinski definition) is 1. The highest BCUT2D eigenvalue weighted by Crippen LogP contribution is 2.36. The van der Waals surface area contributed by atoms with E-state index < -0.39 is 6.09 Å². The van der Waals surface area contributed by atoms with Gasteiger partial charge in [0.15, 0.2) is 0 Å². The van der Waals surface area contributed by atoms with Crippen LogP contribution in [0.3, 0.4) is 0 Å². The summed E-state index contributed by atoms with van der Waals surface area (Å²) in [6, 6.07) is 0.382. The SMILES string of the molecule is CCOC(=O)NC1CC(C(=O)OC)CN(C(C)C2CC2)C1. The molecule has 1 saturated heterocycles. The Morgan fingerprint density at radius 1 is 1.33 bits per heavy atom. The van der Waals surface area contributed by atoms with E-state index in [1.165, 1.54) is 20.0 Å². The fourth-order valence-corrected chi connectivity index (χ4v) is 3.12. The molecule has 21 heavy (non-hydrogen) atoms. The number of rotatable bonds is 5. The van der Waals surface area contributed by atoms with Crippen molar-refractivity contribution < 1.29 is 19.1 Å². The number of carbonyl (C=O) groups is 2. The molecule has 0 spiro atoms. The van der Waals surface area contributed by atoms with Gasteiger partial charge in [0, 0.05) is 25.2 Å². The van der Waals surface area contributed by atoms with Crippen molar-refractivity contribution in [1.29, 1.82) is 0 Å². The quantitative estimate of drug-likeness (QED) is 0.777. The van der Waals surface area contributed by atoms with Crippen LogP contribution in [0.2, 0.25) is 0 Å². The van der Waals surface area contributed by atoms with Gasteiger partial charge in [-0.1, -0.05) is 0 Å². The summed E-state index contributed by atoms with van der Waals surface area (Å²) in [7, 11) is 1.42. The minimum Gasteiger partial charge on any atom is -0.469 e. The molecule has 1 heterocycles. The van der Waals surface area contributed by atoms with Crippen LogP contribution < -0.4 is 5.32 Å². The monoisotopic (exact) mass is 298 g/mol. The number of esters is 1.